The van der Waals surface area contributed by atoms with Crippen LogP contribution in [0.4, 0.5) is 15.8 Å². The molecule has 0 saturated carbocycles. The Kier molecular flexibility index (Phi) is 7.54. The Morgan fingerprint density at radius 1 is 1.15 bits per heavy atom. The summed E-state index contributed by atoms with van der Waals surface area (Å²) in [5.41, 5.74) is 2.30. The third kappa shape index (κ3) is 5.86. The van der Waals surface area contributed by atoms with Gasteiger partial charge in [0.25, 0.3) is 0 Å². The number of halogens is 2. The van der Waals surface area contributed by atoms with E-state index in [2.05, 4.69) is 27.6 Å². The van der Waals surface area contributed by atoms with E-state index in [4.69, 9.17) is 25.9 Å². The van der Waals surface area contributed by atoms with Gasteiger partial charge in [-0.15, -0.1) is 0 Å². The lowest BCUT2D eigenvalue weighted by Gasteiger charge is -2.31. The van der Waals surface area contributed by atoms with Gasteiger partial charge in [0, 0.05) is 43.5 Å². The number of methoxy groups -OCH3 is 1. The molecule has 2 aliphatic rings. The maximum atomic E-state index is 13.6. The number of fused-ring (bicyclic) bond motifs is 1. The molecule has 0 bridgehead atoms. The molecule has 10 heteroatoms. The third-order valence-electron chi connectivity index (χ3n) is 5.51. The third-order valence-corrected chi connectivity index (χ3v) is 5.80. The molecule has 2 aliphatic heterocycles. The highest BCUT2D eigenvalue weighted by Gasteiger charge is 2.22. The summed E-state index contributed by atoms with van der Waals surface area (Å²) in [5, 5.41) is 8.59. The van der Waals surface area contributed by atoms with Gasteiger partial charge >= 0.3 is 0 Å². The summed E-state index contributed by atoms with van der Waals surface area (Å²) in [6.45, 7) is 6.47. The zero-order chi connectivity index (χ0) is 23.4. The van der Waals surface area contributed by atoms with E-state index < -0.39 is 5.82 Å². The molecule has 1 saturated heterocycles. The minimum atomic E-state index is -0.470. The van der Waals surface area contributed by atoms with Crippen molar-refractivity contribution in [3.05, 3.63) is 46.7 Å². The van der Waals surface area contributed by atoms with Crippen molar-refractivity contribution in [2.45, 2.75) is 13.1 Å². The van der Waals surface area contributed by atoms with Crippen molar-refractivity contribution in [1.29, 1.82) is 0 Å². The van der Waals surface area contributed by atoms with Gasteiger partial charge in [0.1, 0.15) is 31.0 Å². The SMILES string of the molecule is COc1cc2c(cc1OCCON1CCN(C)CC1)C(Nc1ccc(F)c(Cl)c1)=NC(C)N2. The average Bonchev–Trinajstić information content (AvgIpc) is 2.80. The fraction of sp³-hybridized carbons (Fsp3) is 0.435. The standard InChI is InChI=1S/C23H29ClFN5O3/c1-15-26-20-14-21(31-3)22(32-10-11-33-30-8-6-29(2)7-9-30)13-17(20)23(27-15)28-16-4-5-19(25)18(24)12-16/h4-5,12-15,26H,6-11H2,1-3H3,(H,27,28). The van der Waals surface area contributed by atoms with E-state index in [0.29, 0.717) is 36.2 Å². The summed E-state index contributed by atoms with van der Waals surface area (Å²) in [5.74, 6) is 1.35. The van der Waals surface area contributed by atoms with Crippen LogP contribution in [0.25, 0.3) is 0 Å². The first-order chi connectivity index (χ1) is 15.9. The molecule has 2 N–H and O–H groups in total. The predicted molar refractivity (Wildman–Crippen MR) is 128 cm³/mol. The number of anilines is 2. The number of ether oxygens (including phenoxy) is 2. The largest absolute Gasteiger partial charge is 0.493 e. The van der Waals surface area contributed by atoms with E-state index in [1.807, 2.05) is 24.1 Å². The topological polar surface area (TPSA) is 70.6 Å². The molecule has 0 radical (unpaired) electrons. The summed E-state index contributed by atoms with van der Waals surface area (Å²) < 4.78 is 25.1. The smallest absolute Gasteiger partial charge is 0.162 e. The summed E-state index contributed by atoms with van der Waals surface area (Å²) >= 11 is 5.94. The van der Waals surface area contributed by atoms with E-state index >= 15 is 0 Å². The van der Waals surface area contributed by atoms with Crippen LogP contribution in [0.3, 0.4) is 0 Å². The molecule has 0 aromatic heterocycles. The molecule has 1 unspecified atom stereocenters. The number of piperazine rings is 1. The number of likely N-dealkylation sites (N-methyl/N-ethyl adjacent to an activating group) is 1. The summed E-state index contributed by atoms with van der Waals surface area (Å²) in [6.07, 6.45) is -0.163. The number of hydrogen-bond donors (Lipinski definition) is 2. The summed E-state index contributed by atoms with van der Waals surface area (Å²) in [7, 11) is 3.71. The molecule has 2 aromatic carbocycles. The molecular formula is C23H29ClFN5O3. The molecule has 2 heterocycles. The number of aliphatic imine (C=N–C) groups is 1. The van der Waals surface area contributed by atoms with Gasteiger partial charge in [-0.05, 0) is 38.2 Å². The molecule has 33 heavy (non-hydrogen) atoms. The van der Waals surface area contributed by atoms with Gasteiger partial charge in [-0.3, -0.25) is 4.84 Å². The molecule has 2 aromatic rings. The first-order valence-corrected chi connectivity index (χ1v) is 11.3. The lowest BCUT2D eigenvalue weighted by molar-refractivity contribution is -0.179. The average molecular weight is 478 g/mol. The van der Waals surface area contributed by atoms with Crippen LogP contribution in [0.2, 0.25) is 5.02 Å². The number of amidine groups is 1. The molecule has 1 atom stereocenters. The van der Waals surface area contributed by atoms with Crippen LogP contribution < -0.4 is 20.1 Å². The van der Waals surface area contributed by atoms with Crippen molar-refractivity contribution >= 4 is 28.8 Å². The highest BCUT2D eigenvalue weighted by molar-refractivity contribution is 6.31. The van der Waals surface area contributed by atoms with E-state index in [0.717, 1.165) is 37.4 Å². The van der Waals surface area contributed by atoms with Crippen molar-refractivity contribution in [3.8, 4) is 11.5 Å². The molecule has 8 nitrogen and oxygen atoms in total. The minimum absolute atomic E-state index is 0.0434. The molecule has 1 fully saturated rings. The van der Waals surface area contributed by atoms with Crippen LogP contribution in [0.5, 0.6) is 11.5 Å². The zero-order valence-electron chi connectivity index (χ0n) is 19.0. The molecule has 4 rings (SSSR count). The minimum Gasteiger partial charge on any atom is -0.493 e. The summed E-state index contributed by atoms with van der Waals surface area (Å²) in [4.78, 5) is 12.8. The molecule has 0 spiro atoms. The zero-order valence-corrected chi connectivity index (χ0v) is 19.8. The van der Waals surface area contributed by atoms with E-state index in [9.17, 15) is 4.39 Å². The fourth-order valence-electron chi connectivity index (χ4n) is 3.71. The van der Waals surface area contributed by atoms with Crippen LogP contribution in [0, 0.1) is 5.82 Å². The van der Waals surface area contributed by atoms with Crippen LogP contribution in [0.1, 0.15) is 12.5 Å². The lowest BCUT2D eigenvalue weighted by atomic mass is 10.1. The van der Waals surface area contributed by atoms with Crippen molar-refractivity contribution in [3.63, 3.8) is 0 Å². The van der Waals surface area contributed by atoms with Crippen LogP contribution in [0.15, 0.2) is 35.3 Å². The molecular weight excluding hydrogens is 449 g/mol. The molecule has 178 valence electrons. The maximum Gasteiger partial charge on any atom is 0.162 e. The van der Waals surface area contributed by atoms with Crippen LogP contribution in [-0.2, 0) is 4.84 Å². The van der Waals surface area contributed by atoms with Gasteiger partial charge in [0.05, 0.1) is 17.8 Å². The number of hydroxylamine groups is 2. The Bertz CT molecular complexity index is 1010. The van der Waals surface area contributed by atoms with E-state index in [1.54, 1.807) is 13.2 Å². The lowest BCUT2D eigenvalue weighted by Crippen LogP contribution is -2.44. The maximum absolute atomic E-state index is 13.6. The second-order valence-corrected chi connectivity index (χ2v) is 8.42. The van der Waals surface area contributed by atoms with Crippen LogP contribution >= 0.6 is 11.6 Å². The van der Waals surface area contributed by atoms with Gasteiger partial charge in [-0.2, -0.15) is 5.06 Å². The molecule has 0 amide bonds. The normalized spacial score (nSPS) is 18.8. The highest BCUT2D eigenvalue weighted by atomic mass is 35.5. The number of hydrogen-bond acceptors (Lipinski definition) is 8. The highest BCUT2D eigenvalue weighted by Crippen LogP contribution is 2.36. The number of benzene rings is 2. The monoisotopic (exact) mass is 477 g/mol. The van der Waals surface area contributed by atoms with Gasteiger partial charge in [-0.1, -0.05) is 11.6 Å². The fourth-order valence-corrected chi connectivity index (χ4v) is 3.89. The van der Waals surface area contributed by atoms with Crippen molar-refractivity contribution in [1.82, 2.24) is 9.96 Å². The number of rotatable bonds is 7. The van der Waals surface area contributed by atoms with Crippen LogP contribution in [-0.4, -0.2) is 75.5 Å². The van der Waals surface area contributed by atoms with E-state index in [1.165, 1.54) is 12.1 Å². The second kappa shape index (κ2) is 10.6. The Morgan fingerprint density at radius 2 is 1.94 bits per heavy atom. The predicted octanol–water partition coefficient (Wildman–Crippen LogP) is 3.68. The van der Waals surface area contributed by atoms with Crippen molar-refractivity contribution in [2.75, 3.05) is 64.2 Å². The van der Waals surface area contributed by atoms with Crippen molar-refractivity contribution < 1.29 is 18.7 Å². The van der Waals surface area contributed by atoms with Gasteiger partial charge in [0.15, 0.2) is 11.5 Å². The Hall–Kier alpha value is -2.59. The second-order valence-electron chi connectivity index (χ2n) is 8.01. The first kappa shape index (κ1) is 23.6. The summed E-state index contributed by atoms with van der Waals surface area (Å²) in [6, 6.07) is 8.23. The van der Waals surface area contributed by atoms with Gasteiger partial charge in [-0.25, -0.2) is 9.38 Å². The van der Waals surface area contributed by atoms with Gasteiger partial charge < -0.3 is 25.0 Å². The number of nitrogens with one attached hydrogen (secondary N) is 2. The first-order valence-electron chi connectivity index (χ1n) is 10.9. The molecule has 0 aliphatic carbocycles. The Morgan fingerprint density at radius 3 is 2.67 bits per heavy atom. The quantitative estimate of drug-likeness (QED) is 0.589. The Balaban J connectivity index is 1.46. The number of nitrogens with zero attached hydrogens (tertiary/aromatic N) is 3. The van der Waals surface area contributed by atoms with Gasteiger partial charge in [0.2, 0.25) is 0 Å². The van der Waals surface area contributed by atoms with E-state index in [-0.39, 0.29) is 11.2 Å². The van der Waals surface area contributed by atoms with Crippen molar-refractivity contribution in [2.24, 2.45) is 4.99 Å². The Labute approximate surface area is 198 Å².